The van der Waals surface area contributed by atoms with Crippen molar-refractivity contribution in [3.63, 3.8) is 0 Å². The largest absolute Gasteiger partial charge is 0.323 e. The lowest BCUT2D eigenvalue weighted by Gasteiger charge is -2.34. The van der Waals surface area contributed by atoms with Gasteiger partial charge in [0, 0.05) is 15.8 Å². The van der Waals surface area contributed by atoms with Gasteiger partial charge in [-0.25, -0.2) is 0 Å². The van der Waals surface area contributed by atoms with Gasteiger partial charge in [-0.05, 0) is 50.2 Å². The Bertz CT molecular complexity index is 361. The molecule has 0 amide bonds. The fourth-order valence-electron chi connectivity index (χ4n) is 3.21. The minimum atomic E-state index is 0.263. The fourth-order valence-corrected chi connectivity index (χ4v) is 4.39. The third kappa shape index (κ3) is 1.93. The van der Waals surface area contributed by atoms with E-state index in [1.165, 1.54) is 47.4 Å². The molecule has 1 heterocycles. The van der Waals surface area contributed by atoms with Crippen molar-refractivity contribution in [3.8, 4) is 0 Å². The van der Waals surface area contributed by atoms with E-state index in [4.69, 9.17) is 5.73 Å². The number of hydrogen-bond acceptors (Lipinski definition) is 2. The van der Waals surface area contributed by atoms with Crippen molar-refractivity contribution < 1.29 is 0 Å². The zero-order valence-corrected chi connectivity index (χ0v) is 11.5. The van der Waals surface area contributed by atoms with Crippen molar-refractivity contribution >= 4 is 11.3 Å². The molecule has 1 aliphatic rings. The van der Waals surface area contributed by atoms with Gasteiger partial charge >= 0.3 is 0 Å². The summed E-state index contributed by atoms with van der Waals surface area (Å²) in [5.74, 6) is 0. The first-order valence-corrected chi connectivity index (χ1v) is 7.23. The normalized spacial score (nSPS) is 21.2. The third-order valence-corrected chi connectivity index (χ3v) is 5.56. The number of thiophene rings is 1. The molecule has 90 valence electrons. The first kappa shape index (κ1) is 12.1. The number of rotatable bonds is 3. The van der Waals surface area contributed by atoms with Crippen LogP contribution in [0.1, 0.15) is 60.4 Å². The molecule has 1 aromatic heterocycles. The van der Waals surface area contributed by atoms with Gasteiger partial charge in [0.05, 0.1) is 0 Å². The summed E-state index contributed by atoms with van der Waals surface area (Å²) in [6, 6.07) is 2.54. The molecule has 0 saturated heterocycles. The van der Waals surface area contributed by atoms with E-state index in [0.29, 0.717) is 5.41 Å². The highest BCUT2D eigenvalue weighted by atomic mass is 32.1. The van der Waals surface area contributed by atoms with E-state index >= 15 is 0 Å². The minimum absolute atomic E-state index is 0.263. The van der Waals surface area contributed by atoms with Crippen LogP contribution in [0, 0.1) is 19.3 Å². The van der Waals surface area contributed by atoms with E-state index in [2.05, 4.69) is 26.8 Å². The van der Waals surface area contributed by atoms with Gasteiger partial charge in [-0.1, -0.05) is 19.8 Å². The predicted octanol–water partition coefficient (Wildman–Crippen LogP) is 4.34. The lowest BCUT2D eigenvalue weighted by atomic mass is 9.75. The molecule has 1 aliphatic carbocycles. The topological polar surface area (TPSA) is 26.0 Å². The zero-order valence-electron chi connectivity index (χ0n) is 10.7. The van der Waals surface area contributed by atoms with Crippen molar-refractivity contribution in [1.82, 2.24) is 0 Å². The van der Waals surface area contributed by atoms with Gasteiger partial charge in [-0.15, -0.1) is 11.3 Å². The molecule has 0 aliphatic heterocycles. The van der Waals surface area contributed by atoms with Crippen molar-refractivity contribution in [3.05, 3.63) is 21.4 Å². The Hall–Kier alpha value is -0.340. The van der Waals surface area contributed by atoms with Crippen LogP contribution in [0.4, 0.5) is 0 Å². The highest BCUT2D eigenvalue weighted by Crippen LogP contribution is 2.50. The number of hydrogen-bond donors (Lipinski definition) is 1. The molecule has 0 bridgehead atoms. The van der Waals surface area contributed by atoms with Crippen LogP contribution < -0.4 is 5.73 Å². The quantitative estimate of drug-likeness (QED) is 0.831. The molecule has 16 heavy (non-hydrogen) atoms. The molecule has 1 fully saturated rings. The van der Waals surface area contributed by atoms with Crippen LogP contribution in [-0.2, 0) is 0 Å². The average Bonchev–Trinajstić information content (AvgIpc) is 2.85. The van der Waals surface area contributed by atoms with Crippen LogP contribution in [0.25, 0.3) is 0 Å². The van der Waals surface area contributed by atoms with Gasteiger partial charge in [0.2, 0.25) is 0 Å². The van der Waals surface area contributed by atoms with E-state index < -0.39 is 0 Å². The zero-order chi connectivity index (χ0) is 11.8. The van der Waals surface area contributed by atoms with Crippen molar-refractivity contribution in [2.45, 2.75) is 58.9 Å². The molecule has 1 saturated carbocycles. The summed E-state index contributed by atoms with van der Waals surface area (Å²) in [5, 5.41) is 0. The Morgan fingerprint density at radius 1 is 1.38 bits per heavy atom. The average molecular weight is 237 g/mol. The molecule has 2 heteroatoms. The highest BCUT2D eigenvalue weighted by molar-refractivity contribution is 7.12. The Kier molecular flexibility index (Phi) is 3.41. The van der Waals surface area contributed by atoms with Crippen molar-refractivity contribution in [2.75, 3.05) is 0 Å². The standard InChI is InChI=1S/C14H23NS/c1-4-14(7-5-6-8-14)13(15)12-10(2)9-11(3)16-12/h9,13H,4-8,15H2,1-3H3. The first-order chi connectivity index (χ1) is 7.59. The molecule has 2 N–H and O–H groups in total. The number of nitrogens with two attached hydrogens (primary N) is 1. The molecule has 1 unspecified atom stereocenters. The van der Waals surface area contributed by atoms with Crippen LogP contribution in [0.3, 0.4) is 0 Å². The van der Waals surface area contributed by atoms with Crippen LogP contribution in [0.5, 0.6) is 0 Å². The Labute approximate surface area is 103 Å². The minimum Gasteiger partial charge on any atom is -0.323 e. The fraction of sp³-hybridized carbons (Fsp3) is 0.714. The second-order valence-electron chi connectivity index (χ2n) is 5.31. The second-order valence-corrected chi connectivity index (χ2v) is 6.59. The molecule has 2 rings (SSSR count). The highest BCUT2D eigenvalue weighted by Gasteiger charge is 2.39. The molecular weight excluding hydrogens is 214 g/mol. The first-order valence-electron chi connectivity index (χ1n) is 6.41. The molecule has 1 nitrogen and oxygen atoms in total. The molecule has 1 atom stereocenters. The van der Waals surface area contributed by atoms with Crippen LogP contribution in [-0.4, -0.2) is 0 Å². The SMILES string of the molecule is CCC1(C(N)c2sc(C)cc2C)CCCC1. The molecule has 0 aromatic carbocycles. The van der Waals surface area contributed by atoms with Gasteiger partial charge in [-0.3, -0.25) is 0 Å². The van der Waals surface area contributed by atoms with E-state index in [0.717, 1.165) is 0 Å². The van der Waals surface area contributed by atoms with E-state index in [1.807, 2.05) is 11.3 Å². The Balaban J connectivity index is 2.29. The predicted molar refractivity (Wildman–Crippen MR) is 71.9 cm³/mol. The maximum atomic E-state index is 6.57. The molecular formula is C14H23NS. The summed E-state index contributed by atoms with van der Waals surface area (Å²) in [7, 11) is 0. The van der Waals surface area contributed by atoms with E-state index in [1.54, 1.807) is 0 Å². The summed E-state index contributed by atoms with van der Waals surface area (Å²) in [4.78, 5) is 2.83. The smallest absolute Gasteiger partial charge is 0.0449 e. The van der Waals surface area contributed by atoms with Gasteiger partial charge in [0.25, 0.3) is 0 Å². The van der Waals surface area contributed by atoms with Gasteiger partial charge in [0.15, 0.2) is 0 Å². The van der Waals surface area contributed by atoms with Crippen molar-refractivity contribution in [1.29, 1.82) is 0 Å². The summed E-state index contributed by atoms with van der Waals surface area (Å²) < 4.78 is 0. The Morgan fingerprint density at radius 3 is 2.44 bits per heavy atom. The monoisotopic (exact) mass is 237 g/mol. The molecule has 0 radical (unpaired) electrons. The number of aryl methyl sites for hydroxylation is 2. The summed E-state index contributed by atoms with van der Waals surface area (Å²) in [5.41, 5.74) is 8.36. The summed E-state index contributed by atoms with van der Waals surface area (Å²) in [6.45, 7) is 6.69. The van der Waals surface area contributed by atoms with Crippen molar-refractivity contribution in [2.24, 2.45) is 11.1 Å². The molecule has 0 spiro atoms. The van der Waals surface area contributed by atoms with Crippen LogP contribution in [0.15, 0.2) is 6.07 Å². The summed E-state index contributed by atoms with van der Waals surface area (Å²) >= 11 is 1.90. The lowest BCUT2D eigenvalue weighted by molar-refractivity contribution is 0.224. The molecule has 1 aromatic rings. The van der Waals surface area contributed by atoms with Gasteiger partial charge in [-0.2, -0.15) is 0 Å². The Morgan fingerprint density at radius 2 is 2.00 bits per heavy atom. The van der Waals surface area contributed by atoms with Crippen LogP contribution in [0.2, 0.25) is 0 Å². The van der Waals surface area contributed by atoms with Gasteiger partial charge in [0.1, 0.15) is 0 Å². The maximum Gasteiger partial charge on any atom is 0.0449 e. The van der Waals surface area contributed by atoms with Gasteiger partial charge < -0.3 is 5.73 Å². The lowest BCUT2D eigenvalue weighted by Crippen LogP contribution is -2.31. The second kappa shape index (κ2) is 4.50. The third-order valence-electron chi connectivity index (χ3n) is 4.33. The maximum absolute atomic E-state index is 6.57. The van der Waals surface area contributed by atoms with Crippen LogP contribution >= 0.6 is 11.3 Å². The van der Waals surface area contributed by atoms with E-state index in [9.17, 15) is 0 Å². The van der Waals surface area contributed by atoms with E-state index in [-0.39, 0.29) is 6.04 Å². The summed E-state index contributed by atoms with van der Waals surface area (Å²) in [6.07, 6.45) is 6.60.